The molecule has 0 aromatic heterocycles. The molecule has 2 aliphatic rings. The summed E-state index contributed by atoms with van der Waals surface area (Å²) < 4.78 is 0. The lowest BCUT2D eigenvalue weighted by Crippen LogP contribution is -2.70. The molecular weight excluding hydrogens is 512 g/mol. The van der Waals surface area contributed by atoms with E-state index in [1.807, 2.05) is 0 Å². The van der Waals surface area contributed by atoms with Crippen molar-refractivity contribution < 1.29 is 34.4 Å². The molecule has 0 saturated carbocycles. The van der Waals surface area contributed by atoms with Gasteiger partial charge in [0.1, 0.15) is 11.4 Å². The minimum absolute atomic E-state index is 0.0326. The largest absolute Gasteiger partial charge is 0.478 e. The number of ketones is 1. The van der Waals surface area contributed by atoms with Gasteiger partial charge in [-0.15, -0.1) is 11.8 Å². The van der Waals surface area contributed by atoms with Gasteiger partial charge in [-0.3, -0.25) is 24.5 Å². The van der Waals surface area contributed by atoms with Gasteiger partial charge < -0.3 is 20.5 Å². The molecule has 12 nitrogen and oxygen atoms in total. The average molecular weight is 527 g/mol. The molecule has 14 heteroatoms. The first kappa shape index (κ1) is 23.4. The standard InChI is InChI=1S/C18H15BrN4O8S/c19-6-11(24)13(21-29)15(25)20-14-16(26)22-7-10(18(27)28)12(32-17(14)22)5-8-1-3-9(4-2-8)23(30)31/h1-4,7,12,14,17,29H,5-6H2,(H,20,25)(H,27,28)/t12?,14?,17-/m1/s1. The van der Waals surface area contributed by atoms with Crippen molar-refractivity contribution in [1.29, 1.82) is 0 Å². The fraction of sp³-hybridized carbons (Fsp3) is 0.278. The number of non-ortho nitro benzene ring substituents is 1. The number of thioether (sulfide) groups is 1. The van der Waals surface area contributed by atoms with Gasteiger partial charge in [-0.25, -0.2) is 4.79 Å². The molecule has 0 radical (unpaired) electrons. The molecule has 1 aromatic rings. The van der Waals surface area contributed by atoms with Gasteiger partial charge in [0.2, 0.25) is 11.5 Å². The van der Waals surface area contributed by atoms with Crippen molar-refractivity contribution in [2.24, 2.45) is 5.16 Å². The molecule has 3 atom stereocenters. The number of carbonyl (C=O) groups is 4. The van der Waals surface area contributed by atoms with Crippen LogP contribution in [0.4, 0.5) is 5.69 Å². The van der Waals surface area contributed by atoms with Crippen LogP contribution in [-0.2, 0) is 25.6 Å². The number of alkyl halides is 1. The molecule has 0 aliphatic carbocycles. The Morgan fingerprint density at radius 1 is 1.28 bits per heavy atom. The number of β-lactam (4-membered cyclic amide) rings is 1. The summed E-state index contributed by atoms with van der Waals surface area (Å²) in [7, 11) is 0. The number of halogens is 1. The molecule has 3 N–H and O–H groups in total. The van der Waals surface area contributed by atoms with E-state index in [9.17, 15) is 34.4 Å². The fourth-order valence-corrected chi connectivity index (χ4v) is 5.03. The molecule has 2 amide bonds. The van der Waals surface area contributed by atoms with E-state index in [-0.39, 0.29) is 23.0 Å². The van der Waals surface area contributed by atoms with Crippen LogP contribution in [0, 0.1) is 10.1 Å². The highest BCUT2D eigenvalue weighted by Crippen LogP contribution is 2.41. The van der Waals surface area contributed by atoms with Gasteiger partial charge in [0, 0.05) is 23.6 Å². The number of Topliss-reactive ketones (excluding diaryl/α,β-unsaturated/α-hetero) is 1. The Morgan fingerprint density at radius 3 is 2.47 bits per heavy atom. The maximum absolute atomic E-state index is 12.4. The van der Waals surface area contributed by atoms with Gasteiger partial charge in [0.25, 0.3) is 17.5 Å². The van der Waals surface area contributed by atoms with Crippen LogP contribution in [0.1, 0.15) is 5.56 Å². The van der Waals surface area contributed by atoms with Crippen LogP contribution in [0.3, 0.4) is 0 Å². The summed E-state index contributed by atoms with van der Waals surface area (Å²) in [6.45, 7) is 0. The van der Waals surface area contributed by atoms with E-state index < -0.39 is 50.9 Å². The van der Waals surface area contributed by atoms with Crippen LogP contribution in [0.5, 0.6) is 0 Å². The molecule has 2 heterocycles. The summed E-state index contributed by atoms with van der Waals surface area (Å²) in [5, 5.41) is 32.8. The molecule has 0 spiro atoms. The summed E-state index contributed by atoms with van der Waals surface area (Å²) >= 11 is 3.98. The second kappa shape index (κ2) is 9.48. The molecule has 1 saturated heterocycles. The number of rotatable bonds is 8. The number of aliphatic carboxylic acids is 1. The number of benzene rings is 1. The third-order valence-electron chi connectivity index (χ3n) is 4.81. The number of hydrogen-bond donors (Lipinski definition) is 3. The molecule has 3 rings (SSSR count). The molecule has 32 heavy (non-hydrogen) atoms. The van der Waals surface area contributed by atoms with Crippen LogP contribution in [-0.4, -0.2) is 71.4 Å². The predicted molar refractivity (Wildman–Crippen MR) is 114 cm³/mol. The van der Waals surface area contributed by atoms with Crippen molar-refractivity contribution in [3.63, 3.8) is 0 Å². The van der Waals surface area contributed by atoms with Crippen LogP contribution in [0.25, 0.3) is 0 Å². The Labute approximate surface area is 192 Å². The molecule has 1 aromatic carbocycles. The highest BCUT2D eigenvalue weighted by Gasteiger charge is 2.52. The summed E-state index contributed by atoms with van der Waals surface area (Å²) in [6.07, 6.45) is 1.42. The maximum atomic E-state index is 12.4. The van der Waals surface area contributed by atoms with Crippen molar-refractivity contribution in [3.8, 4) is 0 Å². The maximum Gasteiger partial charge on any atom is 0.334 e. The molecule has 0 bridgehead atoms. The van der Waals surface area contributed by atoms with Crippen molar-refractivity contribution in [3.05, 3.63) is 51.7 Å². The zero-order chi connectivity index (χ0) is 23.6. The number of fused-ring (bicyclic) bond motifs is 1. The Hall–Kier alpha value is -3.26. The summed E-state index contributed by atoms with van der Waals surface area (Å²) in [4.78, 5) is 59.5. The van der Waals surface area contributed by atoms with E-state index >= 15 is 0 Å². The van der Waals surface area contributed by atoms with E-state index in [0.29, 0.717) is 5.56 Å². The monoisotopic (exact) mass is 526 g/mol. The minimum Gasteiger partial charge on any atom is -0.478 e. The number of carboxylic acids is 1. The number of hydrogen-bond acceptors (Lipinski definition) is 9. The second-order valence-corrected chi connectivity index (χ2v) is 8.62. The van der Waals surface area contributed by atoms with Crippen LogP contribution in [0.15, 0.2) is 41.2 Å². The zero-order valence-electron chi connectivity index (χ0n) is 16.0. The number of nitro groups is 1. The molecule has 1 fully saturated rings. The zero-order valence-corrected chi connectivity index (χ0v) is 18.4. The highest BCUT2D eigenvalue weighted by atomic mass is 79.9. The van der Waals surface area contributed by atoms with Gasteiger partial charge in [0.15, 0.2) is 0 Å². The van der Waals surface area contributed by atoms with Gasteiger partial charge in [-0.1, -0.05) is 33.2 Å². The number of nitrogens with zero attached hydrogens (tertiary/aromatic N) is 3. The normalized spacial score (nSPS) is 22.3. The second-order valence-electron chi connectivity index (χ2n) is 6.73. The third kappa shape index (κ3) is 4.50. The quantitative estimate of drug-likeness (QED) is 0.0833. The minimum atomic E-state index is -1.22. The van der Waals surface area contributed by atoms with Crippen LogP contribution < -0.4 is 5.32 Å². The number of nitro benzene ring substituents is 1. The van der Waals surface area contributed by atoms with Gasteiger partial charge in [-0.05, 0) is 12.0 Å². The van der Waals surface area contributed by atoms with Gasteiger partial charge >= 0.3 is 5.97 Å². The summed E-state index contributed by atoms with van der Waals surface area (Å²) in [5.74, 6) is -3.61. The van der Waals surface area contributed by atoms with E-state index in [1.165, 1.54) is 35.4 Å². The molecule has 2 unspecified atom stereocenters. The van der Waals surface area contributed by atoms with Crippen molar-refractivity contribution in [1.82, 2.24) is 10.2 Å². The average Bonchev–Trinajstić information content (AvgIpc) is 2.77. The number of amides is 2. The Kier molecular flexibility index (Phi) is 6.93. The van der Waals surface area contributed by atoms with Crippen LogP contribution in [0.2, 0.25) is 0 Å². The number of oxime groups is 1. The van der Waals surface area contributed by atoms with E-state index in [2.05, 4.69) is 26.4 Å². The Morgan fingerprint density at radius 2 is 1.94 bits per heavy atom. The first-order valence-electron chi connectivity index (χ1n) is 8.96. The third-order valence-corrected chi connectivity index (χ3v) is 6.85. The first-order valence-corrected chi connectivity index (χ1v) is 11.0. The summed E-state index contributed by atoms with van der Waals surface area (Å²) in [5.41, 5.74) is -0.248. The van der Waals surface area contributed by atoms with Crippen molar-refractivity contribution >= 4 is 62.7 Å². The smallest absolute Gasteiger partial charge is 0.334 e. The highest BCUT2D eigenvalue weighted by molar-refractivity contribution is 9.09. The lowest BCUT2D eigenvalue weighted by Gasteiger charge is -2.48. The number of carbonyl (C=O) groups excluding carboxylic acids is 3. The molecular formula is C18H15BrN4O8S. The Balaban J connectivity index is 1.78. The van der Waals surface area contributed by atoms with Gasteiger partial charge in [-0.2, -0.15) is 0 Å². The SMILES string of the molecule is O=C(O)C1=CN2C(=O)C(NC(=O)C(=NO)C(=O)CBr)[C@H]2SC1Cc1ccc([N+](=O)[O-])cc1. The van der Waals surface area contributed by atoms with Crippen LogP contribution >= 0.6 is 27.7 Å². The number of carboxylic acid groups (broad SMARTS) is 1. The number of nitrogens with one attached hydrogen (secondary N) is 1. The molecule has 168 valence electrons. The lowest BCUT2D eigenvalue weighted by atomic mass is 10.0. The topological polar surface area (TPSA) is 180 Å². The lowest BCUT2D eigenvalue weighted by molar-refractivity contribution is -0.384. The van der Waals surface area contributed by atoms with Crippen molar-refractivity contribution in [2.75, 3.05) is 5.33 Å². The fourth-order valence-electron chi connectivity index (χ4n) is 3.19. The predicted octanol–water partition coefficient (Wildman–Crippen LogP) is 0.669. The van der Waals surface area contributed by atoms with Gasteiger partial charge in [0.05, 0.1) is 15.8 Å². The van der Waals surface area contributed by atoms with E-state index in [1.54, 1.807) is 0 Å². The Bertz CT molecular complexity index is 1060. The molecule has 2 aliphatic heterocycles. The van der Waals surface area contributed by atoms with E-state index in [4.69, 9.17) is 5.21 Å². The van der Waals surface area contributed by atoms with E-state index in [0.717, 1.165) is 11.8 Å². The summed E-state index contributed by atoms with van der Waals surface area (Å²) in [6, 6.07) is 4.60. The van der Waals surface area contributed by atoms with Crippen molar-refractivity contribution in [2.45, 2.75) is 23.1 Å². The first-order chi connectivity index (χ1) is 15.2.